The average Bonchev–Trinajstić information content (AvgIpc) is 3.91. The quantitative estimate of drug-likeness (QED) is 0.151. The Bertz CT molecular complexity index is 4000. The fourth-order valence-corrected chi connectivity index (χ4v) is 10.4. The van der Waals surface area contributed by atoms with Crippen molar-refractivity contribution in [2.75, 3.05) is 0 Å². The van der Waals surface area contributed by atoms with E-state index in [4.69, 9.17) is 0 Å². The van der Waals surface area contributed by atoms with Gasteiger partial charge in [-0.25, -0.2) is 0 Å². The van der Waals surface area contributed by atoms with Gasteiger partial charge in [0, 0.05) is 32.9 Å². The van der Waals surface area contributed by atoms with Gasteiger partial charge in [-0.3, -0.25) is 0 Å². The molecule has 13 rings (SSSR count). The van der Waals surface area contributed by atoms with Crippen molar-refractivity contribution in [3.8, 4) is 67.0 Å². The van der Waals surface area contributed by atoms with E-state index in [1.54, 1.807) is 0 Å². The Morgan fingerprint density at radius 2 is 0.621 bits per heavy atom. The van der Waals surface area contributed by atoms with Gasteiger partial charge in [0.15, 0.2) is 0 Å². The minimum absolute atomic E-state index is 1.17. The van der Waals surface area contributed by atoms with Gasteiger partial charge in [-0.15, -0.1) is 0 Å². The van der Waals surface area contributed by atoms with Gasteiger partial charge in [-0.05, 0) is 139 Å². The summed E-state index contributed by atoms with van der Waals surface area (Å²) in [6.45, 7) is 0. The molecule has 0 saturated heterocycles. The molecular weight excluding hydrogens is 797 g/mol. The van der Waals surface area contributed by atoms with Gasteiger partial charge in [0.1, 0.15) is 0 Å². The van der Waals surface area contributed by atoms with Gasteiger partial charge >= 0.3 is 0 Å². The smallest absolute Gasteiger partial charge is 0.0541 e. The molecule has 308 valence electrons. The minimum Gasteiger partial charge on any atom is -0.309 e. The summed E-state index contributed by atoms with van der Waals surface area (Å²) in [7, 11) is 0. The van der Waals surface area contributed by atoms with Crippen molar-refractivity contribution >= 4 is 54.4 Å². The monoisotopic (exact) mass is 838 g/mol. The predicted octanol–water partition coefficient (Wildman–Crippen LogP) is 17.4. The number of rotatable bonds is 7. The van der Waals surface area contributed by atoms with Gasteiger partial charge in [0.2, 0.25) is 0 Å². The summed E-state index contributed by atoms with van der Waals surface area (Å²) in [5.41, 5.74) is 19.2. The van der Waals surface area contributed by atoms with Crippen LogP contribution in [0.5, 0.6) is 0 Å². The Morgan fingerprint density at radius 3 is 1.20 bits per heavy atom. The number of benzene rings is 11. The van der Waals surface area contributed by atoms with E-state index in [1.807, 2.05) is 0 Å². The number of fused-ring (bicyclic) bond motifs is 7. The second-order valence-corrected chi connectivity index (χ2v) is 17.3. The molecule has 2 heterocycles. The molecule has 0 spiro atoms. The molecular formula is C64H42N2. The van der Waals surface area contributed by atoms with Gasteiger partial charge in [-0.2, -0.15) is 0 Å². The molecule has 0 aliphatic rings. The van der Waals surface area contributed by atoms with Crippen LogP contribution in [0.1, 0.15) is 0 Å². The fraction of sp³-hybridized carbons (Fsp3) is 0. The summed E-state index contributed by atoms with van der Waals surface area (Å²) in [6.07, 6.45) is 0. The zero-order valence-electron chi connectivity index (χ0n) is 36.1. The van der Waals surface area contributed by atoms with Crippen molar-refractivity contribution in [3.05, 3.63) is 255 Å². The summed E-state index contributed by atoms with van der Waals surface area (Å²) in [4.78, 5) is 0. The van der Waals surface area contributed by atoms with Crippen LogP contribution in [0.25, 0.3) is 121 Å². The zero-order valence-corrected chi connectivity index (χ0v) is 36.1. The maximum absolute atomic E-state index is 2.41. The number of hydrogen-bond acceptors (Lipinski definition) is 0. The number of nitrogens with zero attached hydrogens (tertiary/aromatic N) is 2. The van der Waals surface area contributed by atoms with Crippen LogP contribution in [0.3, 0.4) is 0 Å². The van der Waals surface area contributed by atoms with Gasteiger partial charge in [0.05, 0.1) is 22.1 Å². The molecule has 2 aromatic heterocycles. The summed E-state index contributed by atoms with van der Waals surface area (Å²) >= 11 is 0. The lowest BCUT2D eigenvalue weighted by Gasteiger charge is -2.16. The molecule has 0 aliphatic carbocycles. The predicted molar refractivity (Wildman–Crippen MR) is 280 cm³/mol. The molecule has 2 heteroatoms. The highest BCUT2D eigenvalue weighted by molar-refractivity contribution is 6.12. The number of aromatic nitrogens is 2. The molecule has 0 amide bonds. The first kappa shape index (κ1) is 37.8. The summed E-state index contributed by atoms with van der Waals surface area (Å²) in [5.74, 6) is 0. The standard InChI is InChI=1S/C64H42N2/c1-2-22-51(23-3-1)65-61-30-12-10-28-57(61)59-41-47(33-36-63(59)65)44-18-14-20-49(38-44)53-24-6-8-26-55(53)56-27-9-7-25-54(56)50-21-15-19-45(39-50)48-34-37-64-60(42-48)58-29-11-13-31-62(58)66(64)52-35-32-43-16-4-5-17-46(43)40-52/h1-42H. The highest BCUT2D eigenvalue weighted by atomic mass is 15.0. The van der Waals surface area contributed by atoms with Gasteiger partial charge in [-0.1, -0.05) is 182 Å². The highest BCUT2D eigenvalue weighted by Crippen LogP contribution is 2.42. The Labute approximate surface area is 383 Å². The average molecular weight is 839 g/mol. The Morgan fingerprint density at radius 1 is 0.197 bits per heavy atom. The third-order valence-corrected chi connectivity index (χ3v) is 13.5. The Balaban J connectivity index is 0.875. The van der Waals surface area contributed by atoms with Crippen molar-refractivity contribution in [1.82, 2.24) is 9.13 Å². The lowest BCUT2D eigenvalue weighted by molar-refractivity contribution is 1.18. The molecule has 0 N–H and O–H groups in total. The van der Waals surface area contributed by atoms with E-state index in [2.05, 4.69) is 264 Å². The van der Waals surface area contributed by atoms with Gasteiger partial charge < -0.3 is 9.13 Å². The van der Waals surface area contributed by atoms with Crippen molar-refractivity contribution in [2.24, 2.45) is 0 Å². The van der Waals surface area contributed by atoms with Crippen molar-refractivity contribution in [2.45, 2.75) is 0 Å². The molecule has 13 aromatic rings. The van der Waals surface area contributed by atoms with E-state index in [0.29, 0.717) is 0 Å². The molecule has 0 saturated carbocycles. The maximum atomic E-state index is 2.41. The number of para-hydroxylation sites is 3. The molecule has 2 nitrogen and oxygen atoms in total. The van der Waals surface area contributed by atoms with Crippen LogP contribution in [-0.4, -0.2) is 9.13 Å². The minimum atomic E-state index is 1.17. The van der Waals surface area contributed by atoms with Crippen LogP contribution in [0.4, 0.5) is 0 Å². The van der Waals surface area contributed by atoms with E-state index < -0.39 is 0 Å². The van der Waals surface area contributed by atoms with Crippen LogP contribution in [-0.2, 0) is 0 Å². The second kappa shape index (κ2) is 15.5. The molecule has 66 heavy (non-hydrogen) atoms. The maximum Gasteiger partial charge on any atom is 0.0541 e. The van der Waals surface area contributed by atoms with E-state index in [-0.39, 0.29) is 0 Å². The van der Waals surface area contributed by atoms with E-state index in [9.17, 15) is 0 Å². The summed E-state index contributed by atoms with van der Waals surface area (Å²) in [5, 5.41) is 7.49. The van der Waals surface area contributed by atoms with Crippen LogP contribution < -0.4 is 0 Å². The van der Waals surface area contributed by atoms with Gasteiger partial charge in [0.25, 0.3) is 0 Å². The molecule has 0 aliphatic heterocycles. The third kappa shape index (κ3) is 6.26. The van der Waals surface area contributed by atoms with E-state index >= 15 is 0 Å². The normalized spacial score (nSPS) is 11.6. The lowest BCUT2D eigenvalue weighted by atomic mass is 9.88. The van der Waals surface area contributed by atoms with Crippen LogP contribution >= 0.6 is 0 Å². The van der Waals surface area contributed by atoms with Crippen LogP contribution in [0.2, 0.25) is 0 Å². The van der Waals surface area contributed by atoms with Crippen molar-refractivity contribution < 1.29 is 0 Å². The van der Waals surface area contributed by atoms with Crippen molar-refractivity contribution in [3.63, 3.8) is 0 Å². The fourth-order valence-electron chi connectivity index (χ4n) is 10.4. The third-order valence-electron chi connectivity index (χ3n) is 13.5. The van der Waals surface area contributed by atoms with E-state index in [1.165, 1.54) is 121 Å². The first-order valence-corrected chi connectivity index (χ1v) is 22.7. The van der Waals surface area contributed by atoms with Crippen molar-refractivity contribution in [1.29, 1.82) is 0 Å². The molecule has 0 radical (unpaired) electrons. The van der Waals surface area contributed by atoms with Crippen LogP contribution in [0.15, 0.2) is 255 Å². The number of hydrogen-bond donors (Lipinski definition) is 0. The first-order chi connectivity index (χ1) is 32.7. The van der Waals surface area contributed by atoms with E-state index in [0.717, 1.165) is 0 Å². The molecule has 11 aromatic carbocycles. The first-order valence-electron chi connectivity index (χ1n) is 22.7. The summed E-state index contributed by atoms with van der Waals surface area (Å²) < 4.78 is 4.78. The molecule has 0 unspecified atom stereocenters. The Kier molecular flexibility index (Phi) is 8.89. The largest absolute Gasteiger partial charge is 0.309 e. The summed E-state index contributed by atoms with van der Waals surface area (Å²) in [6, 6.07) is 93.2. The zero-order chi connectivity index (χ0) is 43.6. The molecule has 0 fully saturated rings. The molecule has 0 bridgehead atoms. The second-order valence-electron chi connectivity index (χ2n) is 17.3. The SMILES string of the molecule is c1ccc(-n2c3ccccc3c3cc(-c4cccc(-c5ccccc5-c5ccccc5-c5cccc(-c6ccc7c(c6)c6ccccc6n7-c6ccc7ccccc7c6)c5)c4)ccc32)cc1. The lowest BCUT2D eigenvalue weighted by Crippen LogP contribution is -1.93. The topological polar surface area (TPSA) is 9.86 Å². The Hall–Kier alpha value is -8.72. The molecule has 0 atom stereocenters. The highest BCUT2D eigenvalue weighted by Gasteiger charge is 2.18. The van der Waals surface area contributed by atoms with Crippen LogP contribution in [0, 0.1) is 0 Å².